The van der Waals surface area contributed by atoms with E-state index >= 15 is 0 Å². The topological polar surface area (TPSA) is 82.9 Å². The van der Waals surface area contributed by atoms with Gasteiger partial charge in [-0.15, -0.1) is 0 Å². The Bertz CT molecular complexity index is 706. The van der Waals surface area contributed by atoms with E-state index in [0.717, 1.165) is 17.1 Å². The predicted octanol–water partition coefficient (Wildman–Crippen LogP) is 2.76. The van der Waals surface area contributed by atoms with E-state index in [1.54, 1.807) is 25.3 Å². The van der Waals surface area contributed by atoms with Crippen molar-refractivity contribution >= 4 is 17.3 Å². The molecule has 0 aliphatic carbocycles. The number of rotatable bonds is 4. The molecule has 0 aliphatic heterocycles. The Balaban J connectivity index is 2.43. The van der Waals surface area contributed by atoms with E-state index in [2.05, 4.69) is 26.7 Å². The van der Waals surface area contributed by atoms with Crippen molar-refractivity contribution in [3.8, 4) is 11.8 Å². The first-order chi connectivity index (χ1) is 10.1. The summed E-state index contributed by atoms with van der Waals surface area (Å²) in [6, 6.07) is 7.30. The molecule has 0 radical (unpaired) electrons. The molecular weight excluding hydrogens is 266 g/mol. The number of hydrogen-bond donors (Lipinski definition) is 2. The molecule has 6 nitrogen and oxygen atoms in total. The Morgan fingerprint density at radius 2 is 1.90 bits per heavy atom. The third-order valence-electron chi connectivity index (χ3n) is 3.08. The summed E-state index contributed by atoms with van der Waals surface area (Å²) in [6.45, 7) is 3.77. The summed E-state index contributed by atoms with van der Waals surface area (Å²) in [6.07, 6.45) is 0. The van der Waals surface area contributed by atoms with Crippen molar-refractivity contribution < 1.29 is 4.74 Å². The number of hydrogen-bond acceptors (Lipinski definition) is 6. The molecule has 0 fully saturated rings. The third kappa shape index (κ3) is 3.03. The molecule has 1 aromatic carbocycles. The first-order valence-corrected chi connectivity index (χ1v) is 6.47. The van der Waals surface area contributed by atoms with Gasteiger partial charge in [-0.25, -0.2) is 9.97 Å². The first kappa shape index (κ1) is 14.6. The third-order valence-corrected chi connectivity index (χ3v) is 3.08. The van der Waals surface area contributed by atoms with E-state index in [1.165, 1.54) is 0 Å². The number of methoxy groups -OCH3 is 1. The van der Waals surface area contributed by atoms with Gasteiger partial charge in [-0.3, -0.25) is 0 Å². The Morgan fingerprint density at radius 3 is 2.52 bits per heavy atom. The zero-order valence-electron chi connectivity index (χ0n) is 12.5. The fraction of sp³-hybridized carbons (Fsp3) is 0.267. The van der Waals surface area contributed by atoms with Gasteiger partial charge >= 0.3 is 0 Å². The van der Waals surface area contributed by atoms with E-state index in [9.17, 15) is 0 Å². The minimum atomic E-state index is 0.545. The number of ether oxygens (including phenoxy) is 1. The smallest absolute Gasteiger partial charge is 0.143 e. The minimum Gasteiger partial charge on any atom is -0.495 e. The summed E-state index contributed by atoms with van der Waals surface area (Å²) in [5.74, 6) is 2.74. The summed E-state index contributed by atoms with van der Waals surface area (Å²) in [5, 5.41) is 15.2. The van der Waals surface area contributed by atoms with Crippen LogP contribution < -0.4 is 15.4 Å². The van der Waals surface area contributed by atoms with E-state index < -0.39 is 0 Å². The number of anilines is 3. The van der Waals surface area contributed by atoms with Gasteiger partial charge in [0.2, 0.25) is 0 Å². The van der Waals surface area contributed by atoms with Gasteiger partial charge in [-0.05, 0) is 26.0 Å². The van der Waals surface area contributed by atoms with Crippen LogP contribution in [0.25, 0.3) is 0 Å². The van der Waals surface area contributed by atoms with Crippen LogP contribution in [0, 0.1) is 25.2 Å². The second-order valence-electron chi connectivity index (χ2n) is 4.49. The Hall–Kier alpha value is -2.81. The zero-order valence-corrected chi connectivity index (χ0v) is 12.5. The molecule has 21 heavy (non-hydrogen) atoms. The van der Waals surface area contributed by atoms with Crippen molar-refractivity contribution in [1.29, 1.82) is 5.26 Å². The molecule has 108 valence electrons. The van der Waals surface area contributed by atoms with E-state index in [4.69, 9.17) is 10.00 Å². The van der Waals surface area contributed by atoms with Gasteiger partial charge in [0.15, 0.2) is 0 Å². The van der Waals surface area contributed by atoms with Crippen molar-refractivity contribution in [3.63, 3.8) is 0 Å². The fourth-order valence-electron chi connectivity index (χ4n) is 1.99. The standard InChI is InChI=1S/C15H17N5O/c1-9-14(17-3)18-10(2)19-15(9)20-12-6-5-11(8-16)7-13(12)21-4/h5-7H,1-4H3,(H2,17,18,19,20). The fourth-order valence-corrected chi connectivity index (χ4v) is 1.99. The van der Waals surface area contributed by atoms with E-state index in [1.807, 2.05) is 20.9 Å². The van der Waals surface area contributed by atoms with E-state index in [0.29, 0.717) is 23.0 Å². The number of nitrogens with one attached hydrogen (secondary N) is 2. The molecule has 6 heteroatoms. The lowest BCUT2D eigenvalue weighted by Crippen LogP contribution is -2.06. The Kier molecular flexibility index (Phi) is 4.24. The highest BCUT2D eigenvalue weighted by molar-refractivity contribution is 5.70. The molecule has 2 rings (SSSR count). The van der Waals surface area contributed by atoms with Crippen LogP contribution in [0.5, 0.6) is 5.75 Å². The van der Waals surface area contributed by atoms with Crippen molar-refractivity contribution in [2.24, 2.45) is 0 Å². The summed E-state index contributed by atoms with van der Waals surface area (Å²) in [7, 11) is 3.39. The van der Waals surface area contributed by atoms with Gasteiger partial charge in [0.1, 0.15) is 23.2 Å². The van der Waals surface area contributed by atoms with Crippen LogP contribution in [0.2, 0.25) is 0 Å². The van der Waals surface area contributed by atoms with Crippen molar-refractivity contribution in [1.82, 2.24) is 9.97 Å². The molecule has 2 aromatic rings. The predicted molar refractivity (Wildman–Crippen MR) is 82.0 cm³/mol. The molecule has 0 bridgehead atoms. The highest BCUT2D eigenvalue weighted by Crippen LogP contribution is 2.30. The van der Waals surface area contributed by atoms with Gasteiger partial charge in [0.25, 0.3) is 0 Å². The lowest BCUT2D eigenvalue weighted by Gasteiger charge is -2.14. The zero-order chi connectivity index (χ0) is 15.4. The normalized spacial score (nSPS) is 9.86. The molecule has 0 aliphatic rings. The maximum absolute atomic E-state index is 8.93. The molecule has 0 atom stereocenters. The van der Waals surface area contributed by atoms with Crippen molar-refractivity contribution in [2.75, 3.05) is 24.8 Å². The van der Waals surface area contributed by atoms with Crippen LogP contribution >= 0.6 is 0 Å². The van der Waals surface area contributed by atoms with Gasteiger partial charge in [0.05, 0.1) is 24.4 Å². The molecule has 0 unspecified atom stereocenters. The largest absolute Gasteiger partial charge is 0.495 e. The summed E-state index contributed by atoms with van der Waals surface area (Å²) < 4.78 is 5.31. The average molecular weight is 283 g/mol. The second kappa shape index (κ2) is 6.09. The van der Waals surface area contributed by atoms with Crippen LogP contribution in [0.3, 0.4) is 0 Å². The molecule has 2 N–H and O–H groups in total. The Morgan fingerprint density at radius 1 is 1.19 bits per heavy atom. The lowest BCUT2D eigenvalue weighted by molar-refractivity contribution is 0.416. The maximum atomic E-state index is 8.93. The van der Waals surface area contributed by atoms with Crippen LogP contribution in [0.15, 0.2) is 18.2 Å². The summed E-state index contributed by atoms with van der Waals surface area (Å²) >= 11 is 0. The highest BCUT2D eigenvalue weighted by atomic mass is 16.5. The molecule has 0 saturated carbocycles. The first-order valence-electron chi connectivity index (χ1n) is 6.47. The minimum absolute atomic E-state index is 0.545. The average Bonchev–Trinajstić information content (AvgIpc) is 2.50. The van der Waals surface area contributed by atoms with Crippen LogP contribution in [0.4, 0.5) is 17.3 Å². The highest BCUT2D eigenvalue weighted by Gasteiger charge is 2.11. The number of benzene rings is 1. The summed E-state index contributed by atoms with van der Waals surface area (Å²) in [4.78, 5) is 8.74. The number of nitriles is 1. The van der Waals surface area contributed by atoms with Gasteiger partial charge in [0, 0.05) is 18.7 Å². The quantitative estimate of drug-likeness (QED) is 0.897. The monoisotopic (exact) mass is 283 g/mol. The number of aryl methyl sites for hydroxylation is 1. The van der Waals surface area contributed by atoms with Crippen LogP contribution in [-0.4, -0.2) is 24.1 Å². The molecule has 1 aromatic heterocycles. The molecular formula is C15H17N5O. The lowest BCUT2D eigenvalue weighted by atomic mass is 10.2. The summed E-state index contributed by atoms with van der Waals surface area (Å²) in [5.41, 5.74) is 2.21. The molecule has 1 heterocycles. The van der Waals surface area contributed by atoms with Gasteiger partial charge in [-0.1, -0.05) is 0 Å². The van der Waals surface area contributed by atoms with Crippen LogP contribution in [0.1, 0.15) is 17.0 Å². The molecule has 0 spiro atoms. The Labute approximate surface area is 123 Å². The number of nitrogens with zero attached hydrogens (tertiary/aromatic N) is 3. The molecule has 0 saturated heterocycles. The van der Waals surface area contributed by atoms with Crippen molar-refractivity contribution in [2.45, 2.75) is 13.8 Å². The van der Waals surface area contributed by atoms with Gasteiger partial charge < -0.3 is 15.4 Å². The molecule has 0 amide bonds. The maximum Gasteiger partial charge on any atom is 0.143 e. The van der Waals surface area contributed by atoms with Crippen LogP contribution in [-0.2, 0) is 0 Å². The number of aromatic nitrogens is 2. The van der Waals surface area contributed by atoms with E-state index in [-0.39, 0.29) is 0 Å². The SMILES string of the molecule is CNc1nc(C)nc(Nc2ccc(C#N)cc2OC)c1C. The second-order valence-corrected chi connectivity index (χ2v) is 4.49. The van der Waals surface area contributed by atoms with Crippen molar-refractivity contribution in [3.05, 3.63) is 35.2 Å². The van der Waals surface area contributed by atoms with Gasteiger partial charge in [-0.2, -0.15) is 5.26 Å².